The van der Waals surface area contributed by atoms with Crippen LogP contribution in [0.3, 0.4) is 0 Å². The number of rotatable bonds is 11. The molecule has 0 aromatic heterocycles. The molecule has 1 aliphatic heterocycles. The zero-order valence-electron chi connectivity index (χ0n) is 15.3. The van der Waals surface area contributed by atoms with E-state index in [4.69, 9.17) is 14.2 Å². The summed E-state index contributed by atoms with van der Waals surface area (Å²) < 4.78 is 16.8. The summed E-state index contributed by atoms with van der Waals surface area (Å²) >= 11 is 0. The van der Waals surface area contributed by atoms with Gasteiger partial charge in [-0.3, -0.25) is 0 Å². The molecule has 130 valence electrons. The minimum Gasteiger partial charge on any atom is -0.381 e. The Bertz CT molecular complexity index is 314. The first-order valence-corrected chi connectivity index (χ1v) is 9.04. The molecule has 1 saturated heterocycles. The van der Waals surface area contributed by atoms with Gasteiger partial charge in [-0.2, -0.15) is 0 Å². The molecule has 0 amide bonds. The van der Waals surface area contributed by atoms with Crippen LogP contribution in [0.1, 0.15) is 66.2 Å². The number of hydrogen-bond acceptors (Lipinski definition) is 3. The summed E-state index contributed by atoms with van der Waals surface area (Å²) in [7, 11) is 1.75. The van der Waals surface area contributed by atoms with Crippen molar-refractivity contribution in [3.8, 4) is 0 Å². The molecular formula is C19H36O3. The molecule has 1 fully saturated rings. The second-order valence-electron chi connectivity index (χ2n) is 6.71. The molecule has 3 heteroatoms. The fourth-order valence-electron chi connectivity index (χ4n) is 2.99. The minimum absolute atomic E-state index is 0.0428. The second-order valence-corrected chi connectivity index (χ2v) is 6.71. The summed E-state index contributed by atoms with van der Waals surface area (Å²) in [6.45, 7) is 10.6. The maximum absolute atomic E-state index is 5.97. The minimum atomic E-state index is 0.0428. The molecule has 4 atom stereocenters. The molecule has 0 saturated carbocycles. The Hall–Kier alpha value is -0.380. The Morgan fingerprint density at radius 3 is 2.68 bits per heavy atom. The van der Waals surface area contributed by atoms with E-state index < -0.39 is 0 Å². The number of methoxy groups -OCH3 is 1. The molecular weight excluding hydrogens is 276 g/mol. The average Bonchev–Trinajstić information content (AvgIpc) is 2.94. The molecule has 1 heterocycles. The van der Waals surface area contributed by atoms with Crippen LogP contribution in [0.5, 0.6) is 0 Å². The fourth-order valence-corrected chi connectivity index (χ4v) is 2.99. The molecule has 2 unspecified atom stereocenters. The summed E-state index contributed by atoms with van der Waals surface area (Å²) in [5, 5.41) is 0. The third-order valence-electron chi connectivity index (χ3n) is 4.86. The lowest BCUT2D eigenvalue weighted by atomic mass is 9.86. The SMILES string of the molecule is CCCC1OC[C@@H](CC(C)[C@@H](C)CC/C(=C/COC)CC)O1. The highest BCUT2D eigenvalue weighted by atomic mass is 16.7. The smallest absolute Gasteiger partial charge is 0.158 e. The lowest BCUT2D eigenvalue weighted by Gasteiger charge is -2.23. The highest BCUT2D eigenvalue weighted by Crippen LogP contribution is 2.28. The molecule has 0 N–H and O–H groups in total. The van der Waals surface area contributed by atoms with Gasteiger partial charge in [-0.1, -0.05) is 45.8 Å². The standard InChI is InChI=1S/C19H36O3/c1-6-8-19-21-14-18(22-19)13-16(4)15(3)9-10-17(7-2)11-12-20-5/h11,15-16,18-19H,6-10,12-14H2,1-5H3/b17-11+/t15-,16?,18+,19?/m0/s1. The first kappa shape index (κ1) is 19.7. The summed E-state index contributed by atoms with van der Waals surface area (Å²) in [5.74, 6) is 1.39. The Morgan fingerprint density at radius 2 is 2.05 bits per heavy atom. The zero-order chi connectivity index (χ0) is 16.4. The highest BCUT2D eigenvalue weighted by Gasteiger charge is 2.27. The van der Waals surface area contributed by atoms with Gasteiger partial charge in [0, 0.05) is 7.11 Å². The quantitative estimate of drug-likeness (QED) is 0.505. The van der Waals surface area contributed by atoms with Crippen molar-refractivity contribution in [2.24, 2.45) is 11.8 Å². The molecule has 0 aromatic carbocycles. The summed E-state index contributed by atoms with van der Waals surface area (Å²) in [6.07, 6.45) is 9.39. The first-order valence-electron chi connectivity index (χ1n) is 9.04. The molecule has 0 radical (unpaired) electrons. The van der Waals surface area contributed by atoms with Gasteiger partial charge in [-0.15, -0.1) is 0 Å². The summed E-state index contributed by atoms with van der Waals surface area (Å²) in [5.41, 5.74) is 1.52. The molecule has 0 aromatic rings. The van der Waals surface area contributed by atoms with E-state index in [0.717, 1.165) is 38.9 Å². The van der Waals surface area contributed by atoms with Crippen molar-refractivity contribution in [1.82, 2.24) is 0 Å². The van der Waals surface area contributed by atoms with E-state index in [1.807, 2.05) is 0 Å². The van der Waals surface area contributed by atoms with Crippen molar-refractivity contribution in [3.63, 3.8) is 0 Å². The van der Waals surface area contributed by atoms with Gasteiger partial charge < -0.3 is 14.2 Å². The van der Waals surface area contributed by atoms with Gasteiger partial charge in [-0.05, 0) is 43.9 Å². The second kappa shape index (κ2) is 11.2. The number of ether oxygens (including phenoxy) is 3. The van der Waals surface area contributed by atoms with Gasteiger partial charge in [0.15, 0.2) is 6.29 Å². The van der Waals surface area contributed by atoms with Crippen molar-refractivity contribution >= 4 is 0 Å². The van der Waals surface area contributed by atoms with Crippen LogP contribution in [0.2, 0.25) is 0 Å². The largest absolute Gasteiger partial charge is 0.381 e. The molecule has 0 aliphatic carbocycles. The van der Waals surface area contributed by atoms with Crippen molar-refractivity contribution < 1.29 is 14.2 Å². The normalized spacial score (nSPS) is 25.4. The fraction of sp³-hybridized carbons (Fsp3) is 0.895. The first-order chi connectivity index (χ1) is 10.6. The van der Waals surface area contributed by atoms with E-state index in [1.165, 1.54) is 18.4 Å². The van der Waals surface area contributed by atoms with Crippen LogP contribution in [-0.4, -0.2) is 32.7 Å². The molecule has 1 aliphatic rings. The van der Waals surface area contributed by atoms with E-state index in [2.05, 4.69) is 33.8 Å². The van der Waals surface area contributed by atoms with E-state index in [1.54, 1.807) is 7.11 Å². The van der Waals surface area contributed by atoms with Gasteiger partial charge in [-0.25, -0.2) is 0 Å². The van der Waals surface area contributed by atoms with Crippen molar-refractivity contribution in [3.05, 3.63) is 11.6 Å². The lowest BCUT2D eigenvalue weighted by molar-refractivity contribution is -0.0656. The van der Waals surface area contributed by atoms with Gasteiger partial charge >= 0.3 is 0 Å². The lowest BCUT2D eigenvalue weighted by Crippen LogP contribution is -2.19. The molecule has 0 bridgehead atoms. The van der Waals surface area contributed by atoms with E-state index in [0.29, 0.717) is 17.9 Å². The van der Waals surface area contributed by atoms with Gasteiger partial charge in [0.2, 0.25) is 0 Å². The Balaban J connectivity index is 2.28. The van der Waals surface area contributed by atoms with Gasteiger partial charge in [0.1, 0.15) is 0 Å². The average molecular weight is 312 g/mol. The molecule has 22 heavy (non-hydrogen) atoms. The Kier molecular flexibility index (Phi) is 10.0. The van der Waals surface area contributed by atoms with E-state index in [-0.39, 0.29) is 6.29 Å². The maximum Gasteiger partial charge on any atom is 0.158 e. The van der Waals surface area contributed by atoms with E-state index in [9.17, 15) is 0 Å². The topological polar surface area (TPSA) is 27.7 Å². The van der Waals surface area contributed by atoms with Crippen LogP contribution in [0.15, 0.2) is 11.6 Å². The monoisotopic (exact) mass is 312 g/mol. The van der Waals surface area contributed by atoms with Gasteiger partial charge in [0.05, 0.1) is 19.3 Å². The number of allylic oxidation sites excluding steroid dienone is 1. The summed E-state index contributed by atoms with van der Waals surface area (Å²) in [6, 6.07) is 0. The zero-order valence-corrected chi connectivity index (χ0v) is 15.3. The Labute approximate surface area is 137 Å². The van der Waals surface area contributed by atoms with E-state index >= 15 is 0 Å². The molecule has 0 spiro atoms. The van der Waals surface area contributed by atoms with Crippen LogP contribution in [0, 0.1) is 11.8 Å². The van der Waals surface area contributed by atoms with Crippen molar-refractivity contribution in [2.75, 3.05) is 20.3 Å². The van der Waals surface area contributed by atoms with Crippen molar-refractivity contribution in [1.29, 1.82) is 0 Å². The van der Waals surface area contributed by atoms with Crippen LogP contribution >= 0.6 is 0 Å². The molecule has 1 rings (SSSR count). The summed E-state index contributed by atoms with van der Waals surface area (Å²) in [4.78, 5) is 0. The Morgan fingerprint density at radius 1 is 1.27 bits per heavy atom. The van der Waals surface area contributed by atoms with Gasteiger partial charge in [0.25, 0.3) is 0 Å². The number of hydrogen-bond donors (Lipinski definition) is 0. The predicted molar refractivity (Wildman–Crippen MR) is 92.0 cm³/mol. The highest BCUT2D eigenvalue weighted by molar-refractivity contribution is 5.01. The maximum atomic E-state index is 5.97. The third kappa shape index (κ3) is 7.26. The van der Waals surface area contributed by atoms with Crippen LogP contribution < -0.4 is 0 Å². The predicted octanol–water partition coefficient (Wildman–Crippen LogP) is 4.95. The van der Waals surface area contributed by atoms with Crippen LogP contribution in [-0.2, 0) is 14.2 Å². The molecule has 3 nitrogen and oxygen atoms in total. The van der Waals surface area contributed by atoms with Crippen LogP contribution in [0.25, 0.3) is 0 Å². The third-order valence-corrected chi connectivity index (χ3v) is 4.86. The van der Waals surface area contributed by atoms with Crippen LogP contribution in [0.4, 0.5) is 0 Å². The van der Waals surface area contributed by atoms with Crippen molar-refractivity contribution in [2.45, 2.75) is 78.6 Å².